The lowest BCUT2D eigenvalue weighted by Gasteiger charge is -2.31. The van der Waals surface area contributed by atoms with E-state index >= 15 is 0 Å². The first-order valence-electron chi connectivity index (χ1n) is 7.30. The van der Waals surface area contributed by atoms with E-state index in [0.717, 1.165) is 23.5 Å². The molecule has 0 aliphatic heterocycles. The molecule has 1 unspecified atom stereocenters. The van der Waals surface area contributed by atoms with Crippen LogP contribution in [0.3, 0.4) is 0 Å². The minimum atomic E-state index is 0.199. The number of benzene rings is 2. The summed E-state index contributed by atoms with van der Waals surface area (Å²) in [5.41, 5.74) is 2.34. The van der Waals surface area contributed by atoms with E-state index < -0.39 is 0 Å². The van der Waals surface area contributed by atoms with Crippen LogP contribution >= 0.6 is 11.6 Å². The van der Waals surface area contributed by atoms with Crippen molar-refractivity contribution >= 4 is 23.7 Å². The third-order valence-corrected chi connectivity index (χ3v) is 4.07. The highest BCUT2D eigenvalue weighted by Crippen LogP contribution is 2.29. The van der Waals surface area contributed by atoms with Gasteiger partial charge in [-0.15, -0.1) is 0 Å². The molecule has 1 atom stereocenters. The van der Waals surface area contributed by atoms with Crippen LogP contribution in [0.4, 0.5) is 5.69 Å². The lowest BCUT2D eigenvalue weighted by atomic mass is 10.0. The van der Waals surface area contributed by atoms with Crippen molar-refractivity contribution < 1.29 is 4.79 Å². The molecule has 0 aliphatic carbocycles. The van der Waals surface area contributed by atoms with E-state index in [0.29, 0.717) is 6.54 Å². The van der Waals surface area contributed by atoms with Gasteiger partial charge in [-0.2, -0.15) is 0 Å². The maximum atomic E-state index is 10.8. The van der Waals surface area contributed by atoms with E-state index in [-0.39, 0.29) is 6.04 Å². The summed E-state index contributed by atoms with van der Waals surface area (Å²) in [6.07, 6.45) is 1.72. The van der Waals surface area contributed by atoms with Crippen LogP contribution in [0.2, 0.25) is 5.02 Å². The smallest absolute Gasteiger partial charge is 0.209 e. The first-order chi connectivity index (χ1) is 10.6. The molecule has 0 N–H and O–H groups in total. The molecule has 0 saturated carbocycles. The summed E-state index contributed by atoms with van der Waals surface area (Å²) in [6, 6.07) is 18.4. The Kier molecular flexibility index (Phi) is 5.84. The zero-order valence-electron chi connectivity index (χ0n) is 12.9. The maximum absolute atomic E-state index is 10.8. The molecule has 0 fully saturated rings. The second kappa shape index (κ2) is 7.85. The SMILES string of the molecule is CN(C=O)CCC(c1ccccc1)N(C)c1ccc(Cl)cc1. The third kappa shape index (κ3) is 4.25. The van der Waals surface area contributed by atoms with Crippen LogP contribution in [0.1, 0.15) is 18.0 Å². The summed E-state index contributed by atoms with van der Waals surface area (Å²) in [6.45, 7) is 0.709. The van der Waals surface area contributed by atoms with Crippen LogP contribution in [0, 0.1) is 0 Å². The minimum Gasteiger partial charge on any atom is -0.367 e. The highest BCUT2D eigenvalue weighted by molar-refractivity contribution is 6.30. The molecule has 0 spiro atoms. The molecule has 0 saturated heterocycles. The van der Waals surface area contributed by atoms with Crippen molar-refractivity contribution in [2.24, 2.45) is 0 Å². The average Bonchev–Trinajstić information content (AvgIpc) is 2.56. The number of hydrogen-bond acceptors (Lipinski definition) is 2. The van der Waals surface area contributed by atoms with Gasteiger partial charge < -0.3 is 9.80 Å². The fraction of sp³-hybridized carbons (Fsp3) is 0.278. The Labute approximate surface area is 137 Å². The molecule has 3 nitrogen and oxygen atoms in total. The summed E-state index contributed by atoms with van der Waals surface area (Å²) in [7, 11) is 3.87. The number of rotatable bonds is 7. The second-order valence-corrected chi connectivity index (χ2v) is 5.82. The van der Waals surface area contributed by atoms with Crippen LogP contribution in [0.15, 0.2) is 54.6 Å². The molecule has 22 heavy (non-hydrogen) atoms. The standard InChI is InChI=1S/C18H21ClN2O/c1-20(14-22)13-12-18(15-6-4-3-5-7-15)21(2)17-10-8-16(19)9-11-17/h3-11,14,18H,12-13H2,1-2H3. The van der Waals surface area contributed by atoms with E-state index in [1.807, 2.05) is 42.5 Å². The van der Waals surface area contributed by atoms with Crippen molar-refractivity contribution in [3.8, 4) is 0 Å². The summed E-state index contributed by atoms with van der Waals surface area (Å²) >= 11 is 5.97. The number of anilines is 1. The van der Waals surface area contributed by atoms with Crippen molar-refractivity contribution in [3.05, 3.63) is 65.2 Å². The number of carbonyl (C=O) groups excluding carboxylic acids is 1. The Morgan fingerprint density at radius 3 is 2.27 bits per heavy atom. The van der Waals surface area contributed by atoms with Gasteiger partial charge in [0.05, 0.1) is 6.04 Å². The molecular formula is C18H21ClN2O. The molecule has 0 aliphatic rings. The molecule has 116 valence electrons. The monoisotopic (exact) mass is 316 g/mol. The Morgan fingerprint density at radius 2 is 1.68 bits per heavy atom. The molecule has 4 heteroatoms. The Morgan fingerprint density at radius 1 is 1.05 bits per heavy atom. The van der Waals surface area contributed by atoms with Gasteiger partial charge in [0.1, 0.15) is 0 Å². The van der Waals surface area contributed by atoms with Crippen molar-refractivity contribution in [2.75, 3.05) is 25.5 Å². The lowest BCUT2D eigenvalue weighted by molar-refractivity contribution is -0.117. The number of amides is 1. The Bertz CT molecular complexity index is 586. The van der Waals surface area contributed by atoms with Gasteiger partial charge >= 0.3 is 0 Å². The molecule has 0 bridgehead atoms. The normalized spacial score (nSPS) is 11.8. The summed E-state index contributed by atoms with van der Waals surface area (Å²) in [5, 5.41) is 0.731. The number of nitrogens with zero attached hydrogens (tertiary/aromatic N) is 2. The van der Waals surface area contributed by atoms with E-state index in [4.69, 9.17) is 11.6 Å². The predicted molar refractivity (Wildman–Crippen MR) is 92.3 cm³/mol. The second-order valence-electron chi connectivity index (χ2n) is 5.39. The third-order valence-electron chi connectivity index (χ3n) is 3.82. The average molecular weight is 317 g/mol. The van der Waals surface area contributed by atoms with Gasteiger partial charge in [0, 0.05) is 31.4 Å². The van der Waals surface area contributed by atoms with E-state index in [1.54, 1.807) is 11.9 Å². The van der Waals surface area contributed by atoms with Crippen molar-refractivity contribution in [1.82, 2.24) is 4.90 Å². The van der Waals surface area contributed by atoms with E-state index in [1.165, 1.54) is 5.56 Å². The van der Waals surface area contributed by atoms with Crippen LogP contribution < -0.4 is 4.90 Å². The molecule has 0 radical (unpaired) electrons. The molecule has 0 aromatic heterocycles. The number of halogens is 1. The van der Waals surface area contributed by atoms with Gasteiger partial charge in [-0.3, -0.25) is 4.79 Å². The highest BCUT2D eigenvalue weighted by atomic mass is 35.5. The Hall–Kier alpha value is -2.00. The van der Waals surface area contributed by atoms with Gasteiger partial charge in [0.15, 0.2) is 0 Å². The molecule has 0 heterocycles. The first kappa shape index (κ1) is 16.4. The number of carbonyl (C=O) groups is 1. The molecule has 1 amide bonds. The molecular weight excluding hydrogens is 296 g/mol. The highest BCUT2D eigenvalue weighted by Gasteiger charge is 2.18. The van der Waals surface area contributed by atoms with E-state index in [2.05, 4.69) is 24.1 Å². The zero-order valence-corrected chi connectivity index (χ0v) is 13.7. The van der Waals surface area contributed by atoms with Crippen LogP contribution in [0.5, 0.6) is 0 Å². The van der Waals surface area contributed by atoms with Crippen LogP contribution in [-0.4, -0.2) is 32.0 Å². The topological polar surface area (TPSA) is 23.6 Å². The van der Waals surface area contributed by atoms with Gasteiger partial charge in [0.25, 0.3) is 0 Å². The van der Waals surface area contributed by atoms with Crippen molar-refractivity contribution in [2.45, 2.75) is 12.5 Å². The zero-order chi connectivity index (χ0) is 15.9. The molecule has 2 rings (SSSR count). The maximum Gasteiger partial charge on any atom is 0.209 e. The van der Waals surface area contributed by atoms with Gasteiger partial charge in [0.2, 0.25) is 6.41 Å². The van der Waals surface area contributed by atoms with Crippen LogP contribution in [0.25, 0.3) is 0 Å². The summed E-state index contributed by atoms with van der Waals surface area (Å²) in [5.74, 6) is 0. The van der Waals surface area contributed by atoms with Crippen LogP contribution in [-0.2, 0) is 4.79 Å². The van der Waals surface area contributed by atoms with Crippen molar-refractivity contribution in [3.63, 3.8) is 0 Å². The fourth-order valence-corrected chi connectivity index (χ4v) is 2.62. The van der Waals surface area contributed by atoms with Crippen molar-refractivity contribution in [1.29, 1.82) is 0 Å². The minimum absolute atomic E-state index is 0.199. The first-order valence-corrected chi connectivity index (χ1v) is 7.68. The lowest BCUT2D eigenvalue weighted by Crippen LogP contribution is -2.28. The fourth-order valence-electron chi connectivity index (χ4n) is 2.49. The summed E-state index contributed by atoms with van der Waals surface area (Å²) in [4.78, 5) is 14.7. The Balaban J connectivity index is 2.22. The van der Waals surface area contributed by atoms with E-state index in [9.17, 15) is 4.79 Å². The summed E-state index contributed by atoms with van der Waals surface area (Å²) < 4.78 is 0. The molecule has 2 aromatic rings. The quantitative estimate of drug-likeness (QED) is 0.721. The van der Waals surface area contributed by atoms with Gasteiger partial charge in [-0.1, -0.05) is 41.9 Å². The van der Waals surface area contributed by atoms with Gasteiger partial charge in [-0.25, -0.2) is 0 Å². The van der Waals surface area contributed by atoms with Gasteiger partial charge in [-0.05, 0) is 36.2 Å². The number of hydrogen-bond donors (Lipinski definition) is 0. The predicted octanol–water partition coefficient (Wildman–Crippen LogP) is 4.00. The largest absolute Gasteiger partial charge is 0.367 e. The molecule has 2 aromatic carbocycles.